The number of hydrogen-bond acceptors (Lipinski definition) is 3. The van der Waals surface area contributed by atoms with Crippen molar-refractivity contribution < 1.29 is 9.47 Å². The van der Waals surface area contributed by atoms with Gasteiger partial charge in [0, 0.05) is 19.3 Å². The summed E-state index contributed by atoms with van der Waals surface area (Å²) >= 11 is 0. The predicted molar refractivity (Wildman–Crippen MR) is 68.1 cm³/mol. The van der Waals surface area contributed by atoms with Crippen molar-refractivity contribution in [1.29, 1.82) is 0 Å². The van der Waals surface area contributed by atoms with Crippen LogP contribution in [0.25, 0.3) is 0 Å². The number of ether oxygens (including phenoxy) is 2. The minimum absolute atomic E-state index is 0.109. The lowest BCUT2D eigenvalue weighted by atomic mass is 9.95. The van der Waals surface area contributed by atoms with Crippen molar-refractivity contribution in [3.05, 3.63) is 29.8 Å². The fraction of sp³-hybridized carbons (Fsp3) is 0.571. The molecule has 17 heavy (non-hydrogen) atoms. The molecule has 3 heteroatoms. The molecule has 0 bridgehead atoms. The van der Waals surface area contributed by atoms with Crippen LogP contribution in [0.1, 0.15) is 31.4 Å². The second kappa shape index (κ2) is 6.03. The Bertz CT molecular complexity index is 331. The van der Waals surface area contributed by atoms with E-state index < -0.39 is 0 Å². The second-order valence-electron chi connectivity index (χ2n) is 4.57. The Balaban J connectivity index is 1.91. The molecule has 2 rings (SSSR count). The smallest absolute Gasteiger partial charge is 0.119 e. The van der Waals surface area contributed by atoms with E-state index in [4.69, 9.17) is 15.2 Å². The van der Waals surface area contributed by atoms with Gasteiger partial charge in [-0.1, -0.05) is 12.1 Å². The Kier molecular flexibility index (Phi) is 4.40. The number of nitrogens with two attached hydrogens (primary N) is 1. The average molecular weight is 235 g/mol. The Morgan fingerprint density at radius 1 is 1.41 bits per heavy atom. The van der Waals surface area contributed by atoms with Gasteiger partial charge < -0.3 is 15.2 Å². The van der Waals surface area contributed by atoms with Gasteiger partial charge >= 0.3 is 0 Å². The third-order valence-electron chi connectivity index (χ3n) is 3.23. The molecule has 1 heterocycles. The maximum absolute atomic E-state index is 6.20. The zero-order valence-corrected chi connectivity index (χ0v) is 10.4. The maximum atomic E-state index is 6.20. The molecule has 0 amide bonds. The molecule has 0 radical (unpaired) electrons. The van der Waals surface area contributed by atoms with Gasteiger partial charge in [0.05, 0.1) is 6.61 Å². The second-order valence-corrected chi connectivity index (χ2v) is 4.57. The van der Waals surface area contributed by atoms with Crippen LogP contribution in [0.2, 0.25) is 0 Å². The van der Waals surface area contributed by atoms with E-state index in [0.29, 0.717) is 12.5 Å². The molecule has 1 aromatic rings. The first-order valence-corrected chi connectivity index (χ1v) is 6.35. The van der Waals surface area contributed by atoms with Gasteiger partial charge in [0.15, 0.2) is 0 Å². The summed E-state index contributed by atoms with van der Waals surface area (Å²) < 4.78 is 10.8. The van der Waals surface area contributed by atoms with Crippen molar-refractivity contribution in [2.45, 2.75) is 25.8 Å². The van der Waals surface area contributed by atoms with Crippen molar-refractivity contribution in [2.75, 3.05) is 19.8 Å². The zero-order chi connectivity index (χ0) is 12.1. The monoisotopic (exact) mass is 235 g/mol. The van der Waals surface area contributed by atoms with Crippen molar-refractivity contribution >= 4 is 0 Å². The molecule has 2 atom stereocenters. The lowest BCUT2D eigenvalue weighted by Crippen LogP contribution is -2.15. The SMILES string of the molecule is CCOc1ccc(C(N)CC2CCOC2)cc1. The molecule has 3 nitrogen and oxygen atoms in total. The van der Waals surface area contributed by atoms with Crippen LogP contribution >= 0.6 is 0 Å². The van der Waals surface area contributed by atoms with Gasteiger partial charge in [-0.05, 0) is 43.4 Å². The average Bonchev–Trinajstić information content (AvgIpc) is 2.83. The summed E-state index contributed by atoms with van der Waals surface area (Å²) in [6, 6.07) is 8.21. The van der Waals surface area contributed by atoms with Crippen LogP contribution in [-0.4, -0.2) is 19.8 Å². The highest BCUT2D eigenvalue weighted by molar-refractivity contribution is 5.29. The highest BCUT2D eigenvalue weighted by Crippen LogP contribution is 2.25. The van der Waals surface area contributed by atoms with E-state index in [9.17, 15) is 0 Å². The van der Waals surface area contributed by atoms with Crippen LogP contribution < -0.4 is 10.5 Å². The van der Waals surface area contributed by atoms with E-state index in [1.807, 2.05) is 19.1 Å². The molecular weight excluding hydrogens is 214 g/mol. The van der Waals surface area contributed by atoms with Crippen LogP contribution in [-0.2, 0) is 4.74 Å². The summed E-state index contributed by atoms with van der Waals surface area (Å²) in [5.74, 6) is 1.53. The lowest BCUT2D eigenvalue weighted by molar-refractivity contribution is 0.182. The summed E-state index contributed by atoms with van der Waals surface area (Å²) in [5.41, 5.74) is 7.38. The van der Waals surface area contributed by atoms with E-state index in [0.717, 1.165) is 31.8 Å². The summed E-state index contributed by atoms with van der Waals surface area (Å²) in [5, 5.41) is 0. The molecule has 0 spiro atoms. The molecule has 1 aliphatic heterocycles. The maximum Gasteiger partial charge on any atom is 0.119 e. The van der Waals surface area contributed by atoms with E-state index in [1.165, 1.54) is 5.56 Å². The summed E-state index contributed by atoms with van der Waals surface area (Å²) in [4.78, 5) is 0. The number of hydrogen-bond donors (Lipinski definition) is 1. The van der Waals surface area contributed by atoms with Gasteiger partial charge in [0.25, 0.3) is 0 Å². The van der Waals surface area contributed by atoms with E-state index in [-0.39, 0.29) is 6.04 Å². The molecule has 1 saturated heterocycles. The summed E-state index contributed by atoms with van der Waals surface area (Å²) in [6.07, 6.45) is 2.15. The first-order valence-electron chi connectivity index (χ1n) is 6.35. The minimum Gasteiger partial charge on any atom is -0.494 e. The molecular formula is C14H21NO2. The van der Waals surface area contributed by atoms with E-state index >= 15 is 0 Å². The lowest BCUT2D eigenvalue weighted by Gasteiger charge is -2.16. The van der Waals surface area contributed by atoms with Gasteiger partial charge in [-0.2, -0.15) is 0 Å². The van der Waals surface area contributed by atoms with Crippen molar-refractivity contribution in [3.63, 3.8) is 0 Å². The van der Waals surface area contributed by atoms with E-state index in [1.54, 1.807) is 0 Å². The van der Waals surface area contributed by atoms with Crippen LogP contribution in [0.15, 0.2) is 24.3 Å². The normalized spacial score (nSPS) is 21.4. The van der Waals surface area contributed by atoms with Gasteiger partial charge in [-0.15, -0.1) is 0 Å². The largest absolute Gasteiger partial charge is 0.494 e. The zero-order valence-electron chi connectivity index (χ0n) is 10.4. The number of benzene rings is 1. The Hall–Kier alpha value is -1.06. The number of rotatable bonds is 5. The van der Waals surface area contributed by atoms with Crippen LogP contribution in [0.4, 0.5) is 0 Å². The van der Waals surface area contributed by atoms with Gasteiger partial charge in [0.2, 0.25) is 0 Å². The Morgan fingerprint density at radius 2 is 2.18 bits per heavy atom. The van der Waals surface area contributed by atoms with Crippen LogP contribution in [0.5, 0.6) is 5.75 Å². The topological polar surface area (TPSA) is 44.5 Å². The molecule has 1 aliphatic rings. The molecule has 0 aliphatic carbocycles. The van der Waals surface area contributed by atoms with Gasteiger partial charge in [0.1, 0.15) is 5.75 Å². The van der Waals surface area contributed by atoms with Gasteiger partial charge in [-0.25, -0.2) is 0 Å². The predicted octanol–water partition coefficient (Wildman–Crippen LogP) is 2.51. The molecule has 0 saturated carbocycles. The summed E-state index contributed by atoms with van der Waals surface area (Å²) in [6.45, 7) is 4.44. The molecule has 2 N–H and O–H groups in total. The Morgan fingerprint density at radius 3 is 2.76 bits per heavy atom. The first-order chi connectivity index (χ1) is 8.29. The van der Waals surface area contributed by atoms with Crippen molar-refractivity contribution in [1.82, 2.24) is 0 Å². The fourth-order valence-corrected chi connectivity index (χ4v) is 2.24. The first kappa shape index (κ1) is 12.4. The fourth-order valence-electron chi connectivity index (χ4n) is 2.24. The van der Waals surface area contributed by atoms with Crippen LogP contribution in [0.3, 0.4) is 0 Å². The third-order valence-corrected chi connectivity index (χ3v) is 3.23. The van der Waals surface area contributed by atoms with Crippen LogP contribution in [0, 0.1) is 5.92 Å². The third kappa shape index (κ3) is 3.45. The quantitative estimate of drug-likeness (QED) is 0.853. The Labute approximate surface area is 103 Å². The van der Waals surface area contributed by atoms with E-state index in [2.05, 4.69) is 12.1 Å². The molecule has 1 aromatic carbocycles. The highest BCUT2D eigenvalue weighted by atomic mass is 16.5. The molecule has 94 valence electrons. The highest BCUT2D eigenvalue weighted by Gasteiger charge is 2.19. The van der Waals surface area contributed by atoms with Crippen molar-refractivity contribution in [3.8, 4) is 5.75 Å². The van der Waals surface area contributed by atoms with Gasteiger partial charge in [-0.3, -0.25) is 0 Å². The standard InChI is InChI=1S/C14H21NO2/c1-2-17-13-5-3-12(4-6-13)14(15)9-11-7-8-16-10-11/h3-6,11,14H,2,7-10,15H2,1H3. The summed E-state index contributed by atoms with van der Waals surface area (Å²) in [7, 11) is 0. The molecule has 1 fully saturated rings. The molecule has 2 unspecified atom stereocenters. The van der Waals surface area contributed by atoms with Crippen molar-refractivity contribution in [2.24, 2.45) is 11.7 Å². The minimum atomic E-state index is 0.109. The molecule has 0 aromatic heterocycles.